The van der Waals surface area contributed by atoms with Crippen molar-refractivity contribution < 1.29 is 4.79 Å². The van der Waals surface area contributed by atoms with Crippen LogP contribution < -0.4 is 11.1 Å². The van der Waals surface area contributed by atoms with E-state index in [9.17, 15) is 4.79 Å². The minimum absolute atomic E-state index is 0.0559. The van der Waals surface area contributed by atoms with E-state index in [0.717, 1.165) is 16.8 Å². The molecule has 0 fully saturated rings. The number of anilines is 1. The van der Waals surface area contributed by atoms with Crippen LogP contribution in [0, 0.1) is 6.92 Å². The fourth-order valence-corrected chi connectivity index (χ4v) is 3.20. The number of hydrogen-bond acceptors (Lipinski definition) is 3. The van der Waals surface area contributed by atoms with Crippen molar-refractivity contribution in [1.82, 2.24) is 10.3 Å². The van der Waals surface area contributed by atoms with Crippen LogP contribution in [-0.2, 0) is 6.42 Å². The topological polar surface area (TPSA) is 70.9 Å². The number of nitrogens with one attached hydrogen (secondary N) is 2. The zero-order valence-corrected chi connectivity index (χ0v) is 12.6. The molecule has 0 saturated heterocycles. The maximum atomic E-state index is 12.0. The van der Waals surface area contributed by atoms with Crippen LogP contribution in [0.4, 0.5) is 5.69 Å². The third-order valence-corrected chi connectivity index (χ3v) is 4.60. The van der Waals surface area contributed by atoms with E-state index in [2.05, 4.69) is 22.4 Å². The highest BCUT2D eigenvalue weighted by Crippen LogP contribution is 2.23. The number of carbonyl (C=O) groups is 1. The van der Waals surface area contributed by atoms with E-state index in [4.69, 9.17) is 5.73 Å². The Morgan fingerprint density at radius 2 is 2.19 bits per heavy atom. The molecule has 2 aromatic heterocycles. The summed E-state index contributed by atoms with van der Waals surface area (Å²) < 4.78 is 0. The number of aromatic amines is 1. The minimum Gasteiger partial charge on any atom is -0.398 e. The molecule has 0 aliphatic rings. The van der Waals surface area contributed by atoms with Gasteiger partial charge in [0.1, 0.15) is 0 Å². The van der Waals surface area contributed by atoms with Gasteiger partial charge in [-0.05, 0) is 31.0 Å². The number of aryl methyl sites for hydroxylation is 1. The van der Waals surface area contributed by atoms with E-state index in [1.165, 1.54) is 22.3 Å². The van der Waals surface area contributed by atoms with Crippen LogP contribution in [0.25, 0.3) is 10.9 Å². The molecule has 0 spiro atoms. The molecule has 3 aromatic rings. The van der Waals surface area contributed by atoms with Crippen molar-refractivity contribution in [1.29, 1.82) is 0 Å². The molecule has 108 valence electrons. The van der Waals surface area contributed by atoms with E-state index in [0.29, 0.717) is 17.1 Å². The lowest BCUT2D eigenvalue weighted by atomic mass is 10.1. The zero-order chi connectivity index (χ0) is 14.8. The molecule has 2 heterocycles. The average molecular weight is 299 g/mol. The molecule has 0 aliphatic carbocycles. The number of aromatic nitrogens is 1. The van der Waals surface area contributed by atoms with Crippen LogP contribution in [0.5, 0.6) is 0 Å². The summed E-state index contributed by atoms with van der Waals surface area (Å²) in [7, 11) is 0. The maximum Gasteiger partial charge on any atom is 0.261 e. The highest BCUT2D eigenvalue weighted by molar-refractivity contribution is 7.14. The van der Waals surface area contributed by atoms with Gasteiger partial charge in [-0.25, -0.2) is 0 Å². The Morgan fingerprint density at radius 1 is 1.38 bits per heavy atom. The first-order valence-corrected chi connectivity index (χ1v) is 7.66. The normalized spacial score (nSPS) is 10.9. The summed E-state index contributed by atoms with van der Waals surface area (Å²) in [6.45, 7) is 2.53. The Morgan fingerprint density at radius 3 is 2.95 bits per heavy atom. The molecule has 3 rings (SSSR count). The molecule has 0 aliphatic heterocycles. The lowest BCUT2D eigenvalue weighted by Crippen LogP contribution is -2.24. The van der Waals surface area contributed by atoms with Crippen LogP contribution >= 0.6 is 11.3 Å². The lowest BCUT2D eigenvalue weighted by Gasteiger charge is -2.03. The second-order valence-corrected chi connectivity index (χ2v) is 6.24. The number of nitrogen functional groups attached to an aromatic ring is 1. The quantitative estimate of drug-likeness (QED) is 0.693. The van der Waals surface area contributed by atoms with Crippen LogP contribution in [-0.4, -0.2) is 17.4 Å². The van der Waals surface area contributed by atoms with Crippen molar-refractivity contribution in [3.8, 4) is 0 Å². The van der Waals surface area contributed by atoms with Crippen LogP contribution in [0.1, 0.15) is 20.1 Å². The second kappa shape index (κ2) is 5.61. The van der Waals surface area contributed by atoms with Gasteiger partial charge in [0.15, 0.2) is 0 Å². The van der Waals surface area contributed by atoms with Gasteiger partial charge in [-0.3, -0.25) is 4.79 Å². The van der Waals surface area contributed by atoms with Gasteiger partial charge >= 0.3 is 0 Å². The van der Waals surface area contributed by atoms with Gasteiger partial charge in [0, 0.05) is 34.2 Å². The second-order valence-electron chi connectivity index (χ2n) is 4.99. The van der Waals surface area contributed by atoms with Crippen molar-refractivity contribution in [2.24, 2.45) is 0 Å². The number of nitrogens with two attached hydrogens (primary N) is 1. The third kappa shape index (κ3) is 2.78. The molecule has 4 nitrogen and oxygen atoms in total. The number of benzene rings is 1. The average Bonchev–Trinajstić information content (AvgIpc) is 3.04. The van der Waals surface area contributed by atoms with Crippen molar-refractivity contribution in [3.63, 3.8) is 0 Å². The van der Waals surface area contributed by atoms with Gasteiger partial charge in [-0.2, -0.15) is 0 Å². The number of rotatable bonds is 4. The standard InChI is InChI=1S/C16H17N3OS/c1-10-13(17)8-15(21-10)16(20)18-7-6-11-9-19-14-5-3-2-4-12(11)14/h2-5,8-9,19H,6-7,17H2,1H3,(H,18,20). The fourth-order valence-electron chi connectivity index (χ4n) is 2.34. The van der Waals surface area contributed by atoms with Crippen molar-refractivity contribution in [2.75, 3.05) is 12.3 Å². The van der Waals surface area contributed by atoms with E-state index >= 15 is 0 Å². The number of hydrogen-bond donors (Lipinski definition) is 3. The molecule has 5 heteroatoms. The molecule has 0 bridgehead atoms. The van der Waals surface area contributed by atoms with E-state index in [1.807, 2.05) is 25.3 Å². The number of H-pyrrole nitrogens is 1. The largest absolute Gasteiger partial charge is 0.398 e. The van der Waals surface area contributed by atoms with E-state index < -0.39 is 0 Å². The van der Waals surface area contributed by atoms with Crippen molar-refractivity contribution in [3.05, 3.63) is 51.8 Å². The summed E-state index contributed by atoms with van der Waals surface area (Å²) in [5.41, 5.74) is 8.80. The van der Waals surface area contributed by atoms with E-state index in [-0.39, 0.29) is 5.91 Å². The molecule has 0 unspecified atom stereocenters. The number of fused-ring (bicyclic) bond motifs is 1. The molecule has 0 saturated carbocycles. The minimum atomic E-state index is -0.0559. The van der Waals surface area contributed by atoms with Crippen LogP contribution in [0.15, 0.2) is 36.5 Å². The first kappa shape index (κ1) is 13.7. The zero-order valence-electron chi connectivity index (χ0n) is 11.8. The summed E-state index contributed by atoms with van der Waals surface area (Å²) in [6, 6.07) is 9.91. The molecule has 1 aromatic carbocycles. The number of amides is 1. The van der Waals surface area contributed by atoms with E-state index in [1.54, 1.807) is 6.07 Å². The van der Waals surface area contributed by atoms with Crippen molar-refractivity contribution >= 4 is 33.8 Å². The number of carbonyl (C=O) groups excluding carboxylic acids is 1. The molecule has 0 atom stereocenters. The monoisotopic (exact) mass is 299 g/mol. The summed E-state index contributed by atoms with van der Waals surface area (Å²) in [4.78, 5) is 16.9. The van der Waals surface area contributed by atoms with Gasteiger partial charge in [0.2, 0.25) is 0 Å². The molecular formula is C16H17N3OS. The van der Waals surface area contributed by atoms with Crippen molar-refractivity contribution in [2.45, 2.75) is 13.3 Å². The molecular weight excluding hydrogens is 282 g/mol. The van der Waals surface area contributed by atoms with Crippen LogP contribution in [0.2, 0.25) is 0 Å². The van der Waals surface area contributed by atoms with Gasteiger partial charge in [-0.15, -0.1) is 11.3 Å². The molecule has 0 radical (unpaired) electrons. The Labute approximate surface area is 127 Å². The highest BCUT2D eigenvalue weighted by atomic mass is 32.1. The first-order chi connectivity index (χ1) is 10.1. The Kier molecular flexibility index (Phi) is 3.66. The fraction of sp³-hybridized carbons (Fsp3) is 0.188. The summed E-state index contributed by atoms with van der Waals surface area (Å²) >= 11 is 1.43. The summed E-state index contributed by atoms with van der Waals surface area (Å²) in [6.07, 6.45) is 2.81. The number of thiophene rings is 1. The Balaban J connectivity index is 1.62. The van der Waals surface area contributed by atoms with Gasteiger partial charge in [-0.1, -0.05) is 18.2 Å². The maximum absolute atomic E-state index is 12.0. The van der Waals surface area contributed by atoms with Gasteiger partial charge < -0.3 is 16.0 Å². The van der Waals surface area contributed by atoms with Gasteiger partial charge in [0.25, 0.3) is 5.91 Å². The predicted octanol–water partition coefficient (Wildman–Crippen LogP) is 3.09. The molecule has 21 heavy (non-hydrogen) atoms. The molecule has 4 N–H and O–H groups in total. The lowest BCUT2D eigenvalue weighted by molar-refractivity contribution is 0.0958. The third-order valence-electron chi connectivity index (χ3n) is 3.53. The Bertz CT molecular complexity index is 768. The predicted molar refractivity (Wildman–Crippen MR) is 87.8 cm³/mol. The Hall–Kier alpha value is -2.27. The molecule has 1 amide bonds. The van der Waals surface area contributed by atoms with Gasteiger partial charge in [0.05, 0.1) is 4.88 Å². The summed E-state index contributed by atoms with van der Waals surface area (Å²) in [5, 5.41) is 4.16. The van der Waals surface area contributed by atoms with Crippen LogP contribution in [0.3, 0.4) is 0 Å². The first-order valence-electron chi connectivity index (χ1n) is 6.84. The number of para-hydroxylation sites is 1. The smallest absolute Gasteiger partial charge is 0.261 e. The highest BCUT2D eigenvalue weighted by Gasteiger charge is 2.10. The summed E-state index contributed by atoms with van der Waals surface area (Å²) in [5.74, 6) is -0.0559. The SMILES string of the molecule is Cc1sc(C(=O)NCCc2c[nH]c3ccccc23)cc1N.